The van der Waals surface area contributed by atoms with Gasteiger partial charge >= 0.3 is 0 Å². The monoisotopic (exact) mass is 544 g/mol. The van der Waals surface area contributed by atoms with Gasteiger partial charge in [-0.05, 0) is 84.1 Å². The van der Waals surface area contributed by atoms with Crippen LogP contribution in [-0.4, -0.2) is 25.0 Å². The fraction of sp³-hybridized carbons (Fsp3) is 0.206. The molecule has 2 N–H and O–H groups in total. The molecule has 0 spiro atoms. The Kier molecular flexibility index (Phi) is 8.44. The zero-order chi connectivity index (χ0) is 28.8. The number of hydrogen-bond acceptors (Lipinski definition) is 4. The van der Waals surface area contributed by atoms with Crippen molar-refractivity contribution in [3.8, 4) is 0 Å². The number of anilines is 2. The first-order valence-electron chi connectivity index (χ1n) is 14.0. The van der Waals surface area contributed by atoms with Gasteiger partial charge in [0.2, 0.25) is 0 Å². The highest BCUT2D eigenvalue weighted by molar-refractivity contribution is 6.05. The Morgan fingerprint density at radius 1 is 0.659 bits per heavy atom. The predicted octanol–water partition coefficient (Wildman–Crippen LogP) is 7.14. The van der Waals surface area contributed by atoms with E-state index in [0.29, 0.717) is 5.56 Å². The Morgan fingerprint density at radius 3 is 1.76 bits per heavy atom. The molecule has 6 aromatic rings. The Balaban J connectivity index is 0.000000165. The summed E-state index contributed by atoms with van der Waals surface area (Å²) in [6.45, 7) is 5.10. The number of amides is 1. The van der Waals surface area contributed by atoms with Gasteiger partial charge in [-0.1, -0.05) is 44.2 Å². The van der Waals surface area contributed by atoms with Crippen molar-refractivity contribution < 1.29 is 4.79 Å². The third kappa shape index (κ3) is 6.64. The van der Waals surface area contributed by atoms with E-state index in [2.05, 4.69) is 76.9 Å². The first-order chi connectivity index (χ1) is 19.9. The van der Waals surface area contributed by atoms with Crippen LogP contribution in [0.4, 0.5) is 11.4 Å². The molecule has 0 atom stereocenters. The van der Waals surface area contributed by atoms with Crippen molar-refractivity contribution >= 4 is 39.3 Å². The van der Waals surface area contributed by atoms with Crippen LogP contribution in [-0.2, 0) is 33.5 Å². The van der Waals surface area contributed by atoms with Gasteiger partial charge in [-0.2, -0.15) is 0 Å². The minimum absolute atomic E-state index is 0.119. The van der Waals surface area contributed by atoms with Crippen LogP contribution in [0.25, 0.3) is 22.1 Å². The maximum absolute atomic E-state index is 12.3. The average molecular weight is 545 g/mol. The first-order valence-corrected chi connectivity index (χ1v) is 14.0. The molecule has 0 fully saturated rings. The number of aromatic nitrogens is 4. The number of imidazole rings is 2. The van der Waals surface area contributed by atoms with Crippen LogP contribution in [0.2, 0.25) is 0 Å². The summed E-state index contributed by atoms with van der Waals surface area (Å²) < 4.78 is 3.97. The number of rotatable bonds is 7. The lowest BCUT2D eigenvalue weighted by molar-refractivity contribution is 0.102. The van der Waals surface area contributed by atoms with E-state index in [1.54, 1.807) is 6.33 Å². The molecule has 2 heterocycles. The highest BCUT2D eigenvalue weighted by atomic mass is 16.1. The van der Waals surface area contributed by atoms with E-state index in [1.807, 2.05) is 72.0 Å². The summed E-state index contributed by atoms with van der Waals surface area (Å²) >= 11 is 0. The molecule has 7 heteroatoms. The zero-order valence-electron chi connectivity index (χ0n) is 24.1. The molecule has 0 unspecified atom stereocenters. The summed E-state index contributed by atoms with van der Waals surface area (Å²) in [7, 11) is 3.95. The topological polar surface area (TPSA) is 76.8 Å². The normalized spacial score (nSPS) is 10.8. The first kappa shape index (κ1) is 27.6. The van der Waals surface area contributed by atoms with Gasteiger partial charge in [0.25, 0.3) is 5.91 Å². The highest BCUT2D eigenvalue weighted by Gasteiger charge is 2.09. The van der Waals surface area contributed by atoms with E-state index < -0.39 is 0 Å². The fourth-order valence-electron chi connectivity index (χ4n) is 4.66. The molecule has 4 aromatic carbocycles. The van der Waals surface area contributed by atoms with Gasteiger partial charge in [-0.25, -0.2) is 9.97 Å². The van der Waals surface area contributed by atoms with Crippen LogP contribution in [0.5, 0.6) is 0 Å². The number of nitrogens with one attached hydrogen (secondary N) is 2. The predicted molar refractivity (Wildman–Crippen MR) is 168 cm³/mol. The standard InChI is InChI=1S/C17H17N3O.C17H19N3/c1-3-12-4-7-14(8-5-12)19-17(21)13-6-9-16-15(10-13)18-11-20(16)2;1-3-13-4-7-15(8-5-13)18-11-14-6-9-17-16(10-14)19-12-20(17)2/h4-11H,3H2,1-2H3,(H,19,21);4-10,12,18H,3,11H2,1-2H3. The van der Waals surface area contributed by atoms with Crippen LogP contribution in [0.15, 0.2) is 97.6 Å². The van der Waals surface area contributed by atoms with Gasteiger partial charge < -0.3 is 19.8 Å². The molecule has 2 aromatic heterocycles. The number of aryl methyl sites for hydroxylation is 4. The molecule has 41 heavy (non-hydrogen) atoms. The van der Waals surface area contributed by atoms with Crippen molar-refractivity contribution in [2.45, 2.75) is 33.2 Å². The summed E-state index contributed by atoms with van der Waals surface area (Å²) in [5.74, 6) is -0.119. The van der Waals surface area contributed by atoms with Crippen molar-refractivity contribution in [3.05, 3.63) is 120 Å². The van der Waals surface area contributed by atoms with E-state index in [9.17, 15) is 4.79 Å². The fourth-order valence-corrected chi connectivity index (χ4v) is 4.66. The number of hydrogen-bond donors (Lipinski definition) is 2. The summed E-state index contributed by atoms with van der Waals surface area (Å²) in [5, 5.41) is 6.36. The van der Waals surface area contributed by atoms with Crippen LogP contribution >= 0.6 is 0 Å². The number of carbonyl (C=O) groups is 1. The lowest BCUT2D eigenvalue weighted by atomic mass is 10.1. The van der Waals surface area contributed by atoms with Gasteiger partial charge in [-0.15, -0.1) is 0 Å². The smallest absolute Gasteiger partial charge is 0.255 e. The summed E-state index contributed by atoms with van der Waals surface area (Å²) in [5.41, 5.74) is 10.5. The van der Waals surface area contributed by atoms with Gasteiger partial charge in [-0.3, -0.25) is 4.79 Å². The molecular weight excluding hydrogens is 508 g/mol. The van der Waals surface area contributed by atoms with Crippen LogP contribution in [0.1, 0.15) is 40.9 Å². The average Bonchev–Trinajstić information content (AvgIpc) is 3.58. The Labute approximate surface area is 240 Å². The molecule has 0 radical (unpaired) electrons. The molecule has 7 nitrogen and oxygen atoms in total. The van der Waals surface area contributed by atoms with E-state index in [0.717, 1.165) is 47.3 Å². The zero-order valence-corrected chi connectivity index (χ0v) is 24.1. The quantitative estimate of drug-likeness (QED) is 0.224. The Morgan fingerprint density at radius 2 is 1.17 bits per heavy atom. The Hall–Kier alpha value is -4.91. The van der Waals surface area contributed by atoms with Gasteiger partial charge in [0, 0.05) is 37.6 Å². The van der Waals surface area contributed by atoms with Gasteiger partial charge in [0.05, 0.1) is 34.7 Å². The molecule has 0 aliphatic rings. The molecule has 208 valence electrons. The van der Waals surface area contributed by atoms with Gasteiger partial charge in [0.1, 0.15) is 0 Å². The molecule has 1 amide bonds. The summed E-state index contributed by atoms with van der Waals surface area (Å²) in [4.78, 5) is 20.9. The van der Waals surface area contributed by atoms with Crippen molar-refractivity contribution in [1.82, 2.24) is 19.1 Å². The van der Waals surface area contributed by atoms with Crippen LogP contribution in [0, 0.1) is 0 Å². The van der Waals surface area contributed by atoms with E-state index in [4.69, 9.17) is 0 Å². The molecule has 6 rings (SSSR count). The lowest BCUT2D eigenvalue weighted by Gasteiger charge is -2.07. The molecule has 0 bridgehead atoms. The van der Waals surface area contributed by atoms with E-state index in [-0.39, 0.29) is 5.91 Å². The molecule has 0 saturated heterocycles. The number of fused-ring (bicyclic) bond motifs is 2. The molecule has 0 saturated carbocycles. The largest absolute Gasteiger partial charge is 0.381 e. The molecule has 0 aliphatic heterocycles. The SMILES string of the molecule is CCc1ccc(NC(=O)c2ccc3c(c2)ncn3C)cc1.CCc1ccc(NCc2ccc3c(c2)ncn3C)cc1. The summed E-state index contributed by atoms with van der Waals surface area (Å²) in [6, 6.07) is 28.5. The number of benzene rings is 4. The number of carbonyl (C=O) groups excluding carboxylic acids is 1. The van der Waals surface area contributed by atoms with E-state index in [1.165, 1.54) is 22.2 Å². The maximum atomic E-state index is 12.3. The van der Waals surface area contributed by atoms with Crippen LogP contribution in [0.3, 0.4) is 0 Å². The third-order valence-electron chi connectivity index (χ3n) is 7.26. The minimum atomic E-state index is -0.119. The van der Waals surface area contributed by atoms with Crippen molar-refractivity contribution in [3.63, 3.8) is 0 Å². The second-order valence-electron chi connectivity index (χ2n) is 10.1. The molecule has 0 aliphatic carbocycles. The molecular formula is C34H36N6O. The lowest BCUT2D eigenvalue weighted by Crippen LogP contribution is -2.11. The Bertz CT molecular complexity index is 1760. The summed E-state index contributed by atoms with van der Waals surface area (Å²) in [6.07, 6.45) is 5.67. The third-order valence-corrected chi connectivity index (χ3v) is 7.26. The van der Waals surface area contributed by atoms with Crippen LogP contribution < -0.4 is 10.6 Å². The second-order valence-corrected chi connectivity index (χ2v) is 10.1. The second kappa shape index (κ2) is 12.5. The van der Waals surface area contributed by atoms with E-state index >= 15 is 0 Å². The minimum Gasteiger partial charge on any atom is -0.381 e. The van der Waals surface area contributed by atoms with Crippen molar-refractivity contribution in [2.24, 2.45) is 14.1 Å². The van der Waals surface area contributed by atoms with Crippen molar-refractivity contribution in [1.29, 1.82) is 0 Å². The highest BCUT2D eigenvalue weighted by Crippen LogP contribution is 2.18. The maximum Gasteiger partial charge on any atom is 0.255 e. The van der Waals surface area contributed by atoms with Gasteiger partial charge in [0.15, 0.2) is 0 Å². The number of nitrogens with zero attached hydrogens (tertiary/aromatic N) is 4. The van der Waals surface area contributed by atoms with Crippen molar-refractivity contribution in [2.75, 3.05) is 10.6 Å².